The van der Waals surface area contributed by atoms with E-state index in [1.165, 1.54) is 0 Å². The predicted octanol–water partition coefficient (Wildman–Crippen LogP) is 3.14. The van der Waals surface area contributed by atoms with Crippen LogP contribution in [0.4, 0.5) is 0 Å². The Kier molecular flexibility index (Phi) is 7.04. The van der Waals surface area contributed by atoms with Gasteiger partial charge in [0.1, 0.15) is 0 Å². The monoisotopic (exact) mass is 432 g/mol. The lowest BCUT2D eigenvalue weighted by Crippen LogP contribution is -2.49. The fourth-order valence-electron chi connectivity index (χ4n) is 4.23. The summed E-state index contributed by atoms with van der Waals surface area (Å²) in [6.07, 6.45) is 8.77. The second kappa shape index (κ2) is 10.3. The van der Waals surface area contributed by atoms with E-state index in [9.17, 15) is 4.79 Å². The Hall–Kier alpha value is -3.35. The Balaban J connectivity index is 1.43. The highest BCUT2D eigenvalue weighted by molar-refractivity contribution is 5.80. The molecule has 32 heavy (non-hydrogen) atoms. The van der Waals surface area contributed by atoms with Gasteiger partial charge >= 0.3 is 0 Å². The number of rotatable bonds is 6. The van der Waals surface area contributed by atoms with Gasteiger partial charge in [-0.3, -0.25) is 4.79 Å². The molecule has 1 saturated heterocycles. The zero-order chi connectivity index (χ0) is 22.3. The lowest BCUT2D eigenvalue weighted by Gasteiger charge is -2.39. The summed E-state index contributed by atoms with van der Waals surface area (Å²) in [5.74, 6) is 1.57. The van der Waals surface area contributed by atoms with Gasteiger partial charge in [-0.1, -0.05) is 37.3 Å². The molecule has 0 bridgehead atoms. The van der Waals surface area contributed by atoms with Crippen LogP contribution in [0.25, 0.3) is 0 Å². The number of piperidine rings is 1. The average molecular weight is 433 g/mol. The number of likely N-dealkylation sites (tertiary alicyclic amines) is 1. The van der Waals surface area contributed by atoms with E-state index < -0.39 is 0 Å². The molecule has 4 rings (SSSR count). The molecule has 1 aliphatic rings. The van der Waals surface area contributed by atoms with Crippen LogP contribution in [0, 0.1) is 5.92 Å². The van der Waals surface area contributed by atoms with Crippen molar-refractivity contribution in [2.24, 2.45) is 10.9 Å². The van der Waals surface area contributed by atoms with E-state index >= 15 is 0 Å². The third-order valence-electron chi connectivity index (χ3n) is 6.15. The van der Waals surface area contributed by atoms with Gasteiger partial charge in [0.05, 0.1) is 25.5 Å². The molecule has 0 radical (unpaired) electrons. The fourth-order valence-corrected chi connectivity index (χ4v) is 4.23. The summed E-state index contributed by atoms with van der Waals surface area (Å²) in [4.78, 5) is 23.5. The van der Waals surface area contributed by atoms with E-state index in [1.807, 2.05) is 24.8 Å². The van der Waals surface area contributed by atoms with Gasteiger partial charge in [-0.2, -0.15) is 0 Å². The van der Waals surface area contributed by atoms with Gasteiger partial charge in [0.15, 0.2) is 5.96 Å². The van der Waals surface area contributed by atoms with Crippen molar-refractivity contribution in [3.8, 4) is 0 Å². The predicted molar refractivity (Wildman–Crippen MR) is 128 cm³/mol. The lowest BCUT2D eigenvalue weighted by molar-refractivity contribution is 0.189. The third kappa shape index (κ3) is 5.28. The smallest absolute Gasteiger partial charge is 0.250 e. The average Bonchev–Trinajstić information content (AvgIpc) is 3.34. The first-order chi connectivity index (χ1) is 15.6. The normalized spacial score (nSPS) is 19.2. The maximum atomic E-state index is 11.9. The molecule has 3 heterocycles. The molecule has 1 fully saturated rings. The second-order valence-electron chi connectivity index (χ2n) is 8.44. The van der Waals surface area contributed by atoms with Gasteiger partial charge in [0.2, 0.25) is 0 Å². The van der Waals surface area contributed by atoms with E-state index in [-0.39, 0.29) is 5.56 Å². The number of hydrogen-bond donors (Lipinski definition) is 1. The molecule has 0 saturated carbocycles. The maximum absolute atomic E-state index is 11.9. The maximum Gasteiger partial charge on any atom is 0.250 e. The van der Waals surface area contributed by atoms with Gasteiger partial charge in [-0.15, -0.1) is 0 Å². The number of pyridine rings is 1. The van der Waals surface area contributed by atoms with E-state index in [4.69, 9.17) is 4.99 Å². The highest BCUT2D eigenvalue weighted by Crippen LogP contribution is 2.27. The van der Waals surface area contributed by atoms with Crippen molar-refractivity contribution in [2.45, 2.75) is 39.4 Å². The Morgan fingerprint density at radius 3 is 2.69 bits per heavy atom. The summed E-state index contributed by atoms with van der Waals surface area (Å²) in [7, 11) is 0. The van der Waals surface area contributed by atoms with Crippen LogP contribution in [0.2, 0.25) is 0 Å². The standard InChI is InChI=1S/C25H32N6O/c1-3-27-25(30-14-11-20(2)23(18-30)31-15-12-26-19-31)28-16-21-7-9-22(10-8-21)17-29-13-5-4-6-24(29)32/h4-10,12-13,15,19-20,23H,3,11,14,16-18H2,1-2H3,(H,27,28). The van der Waals surface area contributed by atoms with E-state index in [0.29, 0.717) is 25.0 Å². The van der Waals surface area contributed by atoms with Gasteiger partial charge in [-0.25, -0.2) is 9.98 Å². The van der Waals surface area contributed by atoms with Crippen LogP contribution in [0.15, 0.2) is 77.2 Å². The molecule has 1 aliphatic heterocycles. The number of nitrogens with one attached hydrogen (secondary N) is 1. The molecule has 7 nitrogen and oxygen atoms in total. The van der Waals surface area contributed by atoms with Crippen molar-refractivity contribution in [3.05, 3.63) is 88.9 Å². The molecule has 168 valence electrons. The minimum absolute atomic E-state index is 0.0151. The summed E-state index contributed by atoms with van der Waals surface area (Å²) in [6, 6.07) is 14.0. The highest BCUT2D eigenvalue weighted by Gasteiger charge is 2.28. The van der Waals surface area contributed by atoms with Crippen molar-refractivity contribution in [1.82, 2.24) is 24.3 Å². The third-order valence-corrected chi connectivity index (χ3v) is 6.15. The van der Waals surface area contributed by atoms with Crippen LogP contribution in [-0.4, -0.2) is 44.6 Å². The van der Waals surface area contributed by atoms with Crippen LogP contribution >= 0.6 is 0 Å². The highest BCUT2D eigenvalue weighted by atomic mass is 16.1. The Labute approximate surface area is 189 Å². The molecule has 0 amide bonds. The molecular weight excluding hydrogens is 400 g/mol. The first kappa shape index (κ1) is 21.9. The van der Waals surface area contributed by atoms with Gasteiger partial charge in [-0.05, 0) is 36.5 Å². The van der Waals surface area contributed by atoms with Crippen LogP contribution in [-0.2, 0) is 13.1 Å². The van der Waals surface area contributed by atoms with Gasteiger partial charge in [0.25, 0.3) is 5.56 Å². The van der Waals surface area contributed by atoms with Gasteiger partial charge < -0.3 is 19.4 Å². The summed E-state index contributed by atoms with van der Waals surface area (Å²) < 4.78 is 3.93. The summed E-state index contributed by atoms with van der Waals surface area (Å²) in [5, 5.41) is 3.47. The van der Waals surface area contributed by atoms with Crippen molar-refractivity contribution in [3.63, 3.8) is 0 Å². The summed E-state index contributed by atoms with van der Waals surface area (Å²) >= 11 is 0. The van der Waals surface area contributed by atoms with Gasteiger partial charge in [0, 0.05) is 44.3 Å². The number of aliphatic imine (C=N–C) groups is 1. The van der Waals surface area contributed by atoms with Crippen LogP contribution in [0.5, 0.6) is 0 Å². The minimum Gasteiger partial charge on any atom is -0.357 e. The molecule has 3 aromatic rings. The Bertz CT molecular complexity index is 1070. The molecule has 2 aromatic heterocycles. The van der Waals surface area contributed by atoms with E-state index in [2.05, 4.69) is 64.1 Å². The van der Waals surface area contributed by atoms with Crippen LogP contribution in [0.3, 0.4) is 0 Å². The molecule has 2 atom stereocenters. The zero-order valence-corrected chi connectivity index (χ0v) is 18.9. The number of imidazole rings is 1. The number of nitrogens with zero attached hydrogens (tertiary/aromatic N) is 5. The molecule has 7 heteroatoms. The Morgan fingerprint density at radius 1 is 1.16 bits per heavy atom. The summed E-state index contributed by atoms with van der Waals surface area (Å²) in [6.45, 7) is 8.39. The largest absolute Gasteiger partial charge is 0.357 e. The molecule has 1 aromatic carbocycles. The minimum atomic E-state index is 0.0151. The molecule has 1 N–H and O–H groups in total. The topological polar surface area (TPSA) is 67.5 Å². The SMILES string of the molecule is CCNC(=NCc1ccc(Cn2ccccc2=O)cc1)N1CCC(C)C(n2ccnc2)C1. The lowest BCUT2D eigenvalue weighted by atomic mass is 9.93. The molecule has 2 unspecified atom stereocenters. The first-order valence-electron chi connectivity index (χ1n) is 11.4. The fraction of sp³-hybridized carbons (Fsp3) is 0.400. The molecule has 0 aliphatic carbocycles. The van der Waals surface area contributed by atoms with Crippen molar-refractivity contribution in [1.29, 1.82) is 0 Å². The number of benzene rings is 1. The number of hydrogen-bond acceptors (Lipinski definition) is 3. The number of guanidine groups is 1. The van der Waals surface area contributed by atoms with E-state index in [0.717, 1.165) is 43.1 Å². The van der Waals surface area contributed by atoms with Crippen molar-refractivity contribution < 1.29 is 0 Å². The van der Waals surface area contributed by atoms with Crippen LogP contribution in [0.1, 0.15) is 37.4 Å². The molecule has 0 spiro atoms. The van der Waals surface area contributed by atoms with Crippen molar-refractivity contribution in [2.75, 3.05) is 19.6 Å². The summed E-state index contributed by atoms with van der Waals surface area (Å²) in [5.41, 5.74) is 2.27. The molecular formula is C25H32N6O. The first-order valence-corrected chi connectivity index (χ1v) is 11.4. The zero-order valence-electron chi connectivity index (χ0n) is 18.9. The van der Waals surface area contributed by atoms with Crippen molar-refractivity contribution >= 4 is 5.96 Å². The Morgan fingerprint density at radius 2 is 1.97 bits per heavy atom. The van der Waals surface area contributed by atoms with Crippen LogP contribution < -0.4 is 10.9 Å². The number of aromatic nitrogens is 3. The second-order valence-corrected chi connectivity index (χ2v) is 8.44. The quantitative estimate of drug-likeness (QED) is 0.480. The van der Waals surface area contributed by atoms with E-state index in [1.54, 1.807) is 16.7 Å².